The van der Waals surface area contributed by atoms with Crippen LogP contribution in [0.2, 0.25) is 0 Å². The van der Waals surface area contributed by atoms with E-state index in [-0.39, 0.29) is 11.9 Å². The lowest BCUT2D eigenvalue weighted by Crippen LogP contribution is -2.12. The summed E-state index contributed by atoms with van der Waals surface area (Å²) in [5.74, 6) is 1.89. The van der Waals surface area contributed by atoms with Crippen molar-refractivity contribution < 1.29 is 0 Å². The van der Waals surface area contributed by atoms with Crippen LogP contribution >= 0.6 is 11.3 Å². The molecule has 108 valence electrons. The van der Waals surface area contributed by atoms with E-state index in [4.69, 9.17) is 5.73 Å². The molecule has 0 aromatic carbocycles. The van der Waals surface area contributed by atoms with E-state index >= 15 is 0 Å². The van der Waals surface area contributed by atoms with Crippen LogP contribution in [0.3, 0.4) is 0 Å². The minimum atomic E-state index is 0.280. The third-order valence-corrected chi connectivity index (χ3v) is 4.16. The molecule has 0 aliphatic rings. The highest BCUT2D eigenvalue weighted by atomic mass is 32.1. The smallest absolute Gasteiger partial charge is 0.227 e. The number of hydrogen-bond acceptors (Lipinski definition) is 6. The van der Waals surface area contributed by atoms with Gasteiger partial charge in [-0.15, -0.1) is 11.3 Å². The Labute approximate surface area is 123 Å². The number of anilines is 2. The van der Waals surface area contributed by atoms with Crippen LogP contribution in [0.1, 0.15) is 41.3 Å². The third-order valence-electron chi connectivity index (χ3n) is 3.14. The topological polar surface area (TPSA) is 76.7 Å². The first-order chi connectivity index (χ1) is 9.62. The summed E-state index contributed by atoms with van der Waals surface area (Å²) in [5, 5.41) is 2.93. The zero-order valence-electron chi connectivity index (χ0n) is 12.2. The zero-order chi connectivity index (χ0) is 14.5. The lowest BCUT2D eigenvalue weighted by Gasteiger charge is -2.14. The molecule has 2 rings (SSSR count). The van der Waals surface area contributed by atoms with E-state index < -0.39 is 0 Å². The fourth-order valence-corrected chi connectivity index (χ4v) is 3.18. The summed E-state index contributed by atoms with van der Waals surface area (Å²) in [5.41, 5.74) is 5.77. The lowest BCUT2D eigenvalue weighted by molar-refractivity contribution is 0.579. The first kappa shape index (κ1) is 14.7. The van der Waals surface area contributed by atoms with Gasteiger partial charge >= 0.3 is 0 Å². The summed E-state index contributed by atoms with van der Waals surface area (Å²) in [6.07, 6.45) is 3.10. The van der Waals surface area contributed by atoms with Gasteiger partial charge in [0.1, 0.15) is 5.82 Å². The van der Waals surface area contributed by atoms with Gasteiger partial charge in [-0.25, -0.2) is 0 Å². The summed E-state index contributed by atoms with van der Waals surface area (Å²) < 4.78 is 0. The van der Waals surface area contributed by atoms with Gasteiger partial charge in [-0.3, -0.25) is 0 Å². The second-order valence-corrected chi connectivity index (χ2v) is 6.20. The number of aryl methyl sites for hydroxylation is 1. The zero-order valence-corrected chi connectivity index (χ0v) is 13.0. The van der Waals surface area contributed by atoms with Crippen LogP contribution in [0.5, 0.6) is 0 Å². The normalized spacial score (nSPS) is 12.3. The van der Waals surface area contributed by atoms with Crippen LogP contribution in [-0.2, 0) is 6.42 Å². The molecule has 1 atom stereocenters. The summed E-state index contributed by atoms with van der Waals surface area (Å²) in [6.45, 7) is 4.30. The molecule has 0 aliphatic carbocycles. The van der Waals surface area contributed by atoms with Gasteiger partial charge in [0.05, 0.1) is 0 Å². The van der Waals surface area contributed by atoms with Crippen molar-refractivity contribution in [3.8, 4) is 0 Å². The molecule has 0 amide bonds. The molecule has 2 aromatic heterocycles. The van der Waals surface area contributed by atoms with Crippen LogP contribution in [0.25, 0.3) is 0 Å². The minimum absolute atomic E-state index is 0.280. The van der Waals surface area contributed by atoms with Crippen LogP contribution in [0.4, 0.5) is 11.9 Å². The third kappa shape index (κ3) is 3.66. The lowest BCUT2D eigenvalue weighted by atomic mass is 9.98. The van der Waals surface area contributed by atoms with E-state index in [1.54, 1.807) is 7.05 Å². The number of rotatable bonds is 6. The SMILES string of the molecule is CCCC(Cc1ccc(C)s1)c1nc(N)nc(NC)n1. The van der Waals surface area contributed by atoms with Crippen molar-refractivity contribution in [2.75, 3.05) is 18.1 Å². The average molecular weight is 291 g/mol. The molecule has 0 bridgehead atoms. The molecule has 0 saturated heterocycles. The largest absolute Gasteiger partial charge is 0.368 e. The molecule has 2 heterocycles. The molecule has 20 heavy (non-hydrogen) atoms. The van der Waals surface area contributed by atoms with E-state index in [0.717, 1.165) is 25.1 Å². The Balaban J connectivity index is 2.25. The van der Waals surface area contributed by atoms with Crippen LogP contribution < -0.4 is 11.1 Å². The summed E-state index contributed by atoms with van der Waals surface area (Å²) >= 11 is 1.83. The van der Waals surface area contributed by atoms with Crippen molar-refractivity contribution in [3.05, 3.63) is 27.7 Å². The molecule has 0 saturated carbocycles. The molecule has 6 heteroatoms. The van der Waals surface area contributed by atoms with E-state index in [0.29, 0.717) is 5.95 Å². The maximum Gasteiger partial charge on any atom is 0.227 e. The predicted molar refractivity (Wildman–Crippen MR) is 84.2 cm³/mol. The van der Waals surface area contributed by atoms with E-state index in [2.05, 4.69) is 46.2 Å². The highest BCUT2D eigenvalue weighted by Crippen LogP contribution is 2.27. The Hall–Kier alpha value is -1.69. The first-order valence-corrected chi connectivity index (χ1v) is 7.68. The number of thiophene rings is 1. The van der Waals surface area contributed by atoms with Gasteiger partial charge in [0, 0.05) is 22.7 Å². The Morgan fingerprint density at radius 2 is 2.10 bits per heavy atom. The van der Waals surface area contributed by atoms with Crippen molar-refractivity contribution in [2.24, 2.45) is 0 Å². The maximum absolute atomic E-state index is 5.77. The van der Waals surface area contributed by atoms with Gasteiger partial charge in [-0.05, 0) is 31.9 Å². The molecule has 0 fully saturated rings. The summed E-state index contributed by atoms with van der Waals surface area (Å²) in [4.78, 5) is 15.5. The summed E-state index contributed by atoms with van der Waals surface area (Å²) in [6, 6.07) is 4.34. The first-order valence-electron chi connectivity index (χ1n) is 6.87. The number of nitrogens with two attached hydrogens (primary N) is 1. The number of aromatic nitrogens is 3. The highest BCUT2D eigenvalue weighted by molar-refractivity contribution is 7.11. The van der Waals surface area contributed by atoms with Gasteiger partial charge < -0.3 is 11.1 Å². The number of nitrogens with one attached hydrogen (secondary N) is 1. The molecule has 5 nitrogen and oxygen atoms in total. The second-order valence-electron chi connectivity index (χ2n) is 4.83. The minimum Gasteiger partial charge on any atom is -0.368 e. The standard InChI is InChI=1S/C14H21N5S/c1-4-5-10(8-11-7-6-9(2)20-11)12-17-13(15)19-14(16-3)18-12/h6-7,10H,4-5,8H2,1-3H3,(H3,15,16,17,18,19). The molecular weight excluding hydrogens is 270 g/mol. The van der Waals surface area contributed by atoms with E-state index in [9.17, 15) is 0 Å². The van der Waals surface area contributed by atoms with Crippen LogP contribution in [-0.4, -0.2) is 22.0 Å². The monoisotopic (exact) mass is 291 g/mol. The summed E-state index contributed by atoms with van der Waals surface area (Å²) in [7, 11) is 1.79. The van der Waals surface area contributed by atoms with Crippen LogP contribution in [0, 0.1) is 6.92 Å². The fourth-order valence-electron chi connectivity index (χ4n) is 2.21. The van der Waals surface area contributed by atoms with Gasteiger partial charge in [0.2, 0.25) is 11.9 Å². The van der Waals surface area contributed by atoms with Crippen molar-refractivity contribution in [1.82, 2.24) is 15.0 Å². The fraction of sp³-hybridized carbons (Fsp3) is 0.500. The molecule has 1 unspecified atom stereocenters. The van der Waals surface area contributed by atoms with Crippen LogP contribution in [0.15, 0.2) is 12.1 Å². The number of nitrogens with zero attached hydrogens (tertiary/aromatic N) is 3. The Morgan fingerprint density at radius 1 is 1.30 bits per heavy atom. The molecule has 3 N–H and O–H groups in total. The van der Waals surface area contributed by atoms with Crippen molar-refractivity contribution in [3.63, 3.8) is 0 Å². The Bertz CT molecular complexity index is 566. The molecule has 0 aliphatic heterocycles. The van der Waals surface area contributed by atoms with E-state index in [1.807, 2.05) is 11.3 Å². The Kier molecular flexibility index (Phi) is 4.89. The quantitative estimate of drug-likeness (QED) is 0.855. The van der Waals surface area contributed by atoms with Gasteiger partial charge in [0.25, 0.3) is 0 Å². The number of nitrogen functional groups attached to an aromatic ring is 1. The molecule has 0 radical (unpaired) electrons. The second kappa shape index (κ2) is 6.65. The molecule has 2 aromatic rings. The highest BCUT2D eigenvalue weighted by Gasteiger charge is 2.17. The van der Waals surface area contributed by atoms with Crippen molar-refractivity contribution in [1.29, 1.82) is 0 Å². The van der Waals surface area contributed by atoms with Crippen molar-refractivity contribution >= 4 is 23.2 Å². The maximum atomic E-state index is 5.77. The molecular formula is C14H21N5S. The Morgan fingerprint density at radius 3 is 2.70 bits per heavy atom. The van der Waals surface area contributed by atoms with E-state index in [1.165, 1.54) is 9.75 Å². The molecule has 0 spiro atoms. The number of hydrogen-bond donors (Lipinski definition) is 2. The van der Waals surface area contributed by atoms with Gasteiger partial charge in [-0.1, -0.05) is 13.3 Å². The predicted octanol–water partition coefficient (Wildman–Crippen LogP) is 2.99. The van der Waals surface area contributed by atoms with Gasteiger partial charge in [0.15, 0.2) is 0 Å². The van der Waals surface area contributed by atoms with Gasteiger partial charge in [-0.2, -0.15) is 15.0 Å². The van der Waals surface area contributed by atoms with Crippen molar-refractivity contribution in [2.45, 2.75) is 39.0 Å². The average Bonchev–Trinajstić information content (AvgIpc) is 2.83.